The van der Waals surface area contributed by atoms with E-state index in [0.29, 0.717) is 5.92 Å². The molecule has 1 saturated carbocycles. The average Bonchev–Trinajstić information content (AvgIpc) is 2.66. The SMILES string of the molecule is CCN(CC)CCNC1(C(=O)OC)CCCC(C)CC1. The minimum Gasteiger partial charge on any atom is -0.468 e. The molecular weight excluding hydrogens is 252 g/mol. The number of esters is 1. The Kier molecular flexibility index (Phi) is 7.52. The molecule has 1 fully saturated rings. The fourth-order valence-electron chi connectivity index (χ4n) is 3.16. The fraction of sp³-hybridized carbons (Fsp3) is 0.938. The Morgan fingerprint density at radius 2 is 2.00 bits per heavy atom. The van der Waals surface area contributed by atoms with E-state index in [2.05, 4.69) is 31.0 Å². The molecule has 0 aromatic carbocycles. The normalized spacial score (nSPS) is 27.4. The second-order valence-corrected chi connectivity index (χ2v) is 6.06. The number of hydrogen-bond donors (Lipinski definition) is 1. The maximum absolute atomic E-state index is 12.3. The molecule has 0 aliphatic heterocycles. The number of nitrogens with zero attached hydrogens (tertiary/aromatic N) is 1. The van der Waals surface area contributed by atoms with Crippen molar-refractivity contribution in [2.45, 2.75) is 58.4 Å². The lowest BCUT2D eigenvalue weighted by Crippen LogP contribution is -2.54. The molecule has 1 aliphatic rings. The van der Waals surface area contributed by atoms with Gasteiger partial charge in [0.15, 0.2) is 0 Å². The van der Waals surface area contributed by atoms with Crippen LogP contribution in [-0.2, 0) is 9.53 Å². The Hall–Kier alpha value is -0.610. The third-order valence-corrected chi connectivity index (χ3v) is 4.73. The zero-order valence-electron chi connectivity index (χ0n) is 13.7. The molecule has 0 amide bonds. The van der Waals surface area contributed by atoms with Crippen molar-refractivity contribution in [1.29, 1.82) is 0 Å². The van der Waals surface area contributed by atoms with Gasteiger partial charge in [0, 0.05) is 13.1 Å². The highest BCUT2D eigenvalue weighted by Gasteiger charge is 2.40. The summed E-state index contributed by atoms with van der Waals surface area (Å²) in [5.74, 6) is 0.636. The summed E-state index contributed by atoms with van der Waals surface area (Å²) < 4.78 is 5.08. The van der Waals surface area contributed by atoms with Crippen molar-refractivity contribution in [3.63, 3.8) is 0 Å². The highest BCUT2D eigenvalue weighted by Crippen LogP contribution is 2.31. The largest absolute Gasteiger partial charge is 0.468 e. The molecule has 4 heteroatoms. The number of rotatable bonds is 7. The number of likely N-dealkylation sites (N-methyl/N-ethyl adjacent to an activating group) is 1. The van der Waals surface area contributed by atoms with Gasteiger partial charge in [-0.25, -0.2) is 0 Å². The molecule has 0 aromatic rings. The summed E-state index contributed by atoms with van der Waals surface area (Å²) in [6.07, 6.45) is 5.24. The number of carbonyl (C=O) groups excluding carboxylic acids is 1. The Balaban J connectivity index is 2.61. The third kappa shape index (κ3) is 4.74. The van der Waals surface area contributed by atoms with E-state index in [1.165, 1.54) is 13.5 Å². The predicted molar refractivity (Wildman–Crippen MR) is 82.8 cm³/mol. The van der Waals surface area contributed by atoms with Gasteiger partial charge in [0.25, 0.3) is 0 Å². The summed E-state index contributed by atoms with van der Waals surface area (Å²) in [6, 6.07) is 0. The zero-order valence-corrected chi connectivity index (χ0v) is 13.7. The van der Waals surface area contributed by atoms with E-state index in [-0.39, 0.29) is 5.97 Å². The minimum absolute atomic E-state index is 0.0776. The minimum atomic E-state index is -0.452. The average molecular weight is 284 g/mol. The Morgan fingerprint density at radius 3 is 2.60 bits per heavy atom. The van der Waals surface area contributed by atoms with Gasteiger partial charge in [-0.05, 0) is 38.3 Å². The molecule has 20 heavy (non-hydrogen) atoms. The first-order valence-electron chi connectivity index (χ1n) is 8.13. The van der Waals surface area contributed by atoms with Gasteiger partial charge in [0.1, 0.15) is 5.54 Å². The van der Waals surface area contributed by atoms with Crippen LogP contribution in [0.3, 0.4) is 0 Å². The molecule has 2 unspecified atom stereocenters. The topological polar surface area (TPSA) is 41.6 Å². The first-order valence-corrected chi connectivity index (χ1v) is 8.13. The van der Waals surface area contributed by atoms with Crippen LogP contribution in [0.2, 0.25) is 0 Å². The van der Waals surface area contributed by atoms with Crippen LogP contribution in [0.4, 0.5) is 0 Å². The van der Waals surface area contributed by atoms with Gasteiger partial charge in [-0.15, -0.1) is 0 Å². The second kappa shape index (κ2) is 8.63. The maximum atomic E-state index is 12.3. The molecule has 0 aromatic heterocycles. The van der Waals surface area contributed by atoms with E-state index >= 15 is 0 Å². The Labute approximate surface area is 124 Å². The van der Waals surface area contributed by atoms with E-state index in [1.54, 1.807) is 0 Å². The lowest BCUT2D eigenvalue weighted by molar-refractivity contribution is -0.149. The smallest absolute Gasteiger partial charge is 0.326 e. The lowest BCUT2D eigenvalue weighted by Gasteiger charge is -2.32. The van der Waals surface area contributed by atoms with Crippen molar-refractivity contribution in [1.82, 2.24) is 10.2 Å². The molecule has 1 rings (SSSR count). The predicted octanol–water partition coefficient (Wildman–Crippen LogP) is 2.43. The van der Waals surface area contributed by atoms with Gasteiger partial charge < -0.3 is 15.0 Å². The molecular formula is C16H32N2O2. The molecule has 0 spiro atoms. The van der Waals surface area contributed by atoms with Crippen LogP contribution in [0.1, 0.15) is 52.9 Å². The molecule has 2 atom stereocenters. The van der Waals surface area contributed by atoms with Gasteiger partial charge >= 0.3 is 5.97 Å². The summed E-state index contributed by atoms with van der Waals surface area (Å²) in [4.78, 5) is 14.6. The molecule has 1 aliphatic carbocycles. The molecule has 0 saturated heterocycles. The summed E-state index contributed by atoms with van der Waals surface area (Å²) in [5.41, 5.74) is -0.452. The summed E-state index contributed by atoms with van der Waals surface area (Å²) in [7, 11) is 1.50. The van der Waals surface area contributed by atoms with Crippen LogP contribution in [0.25, 0.3) is 0 Å². The Bertz CT molecular complexity index is 292. The highest BCUT2D eigenvalue weighted by molar-refractivity contribution is 5.80. The molecule has 0 heterocycles. The van der Waals surface area contributed by atoms with Crippen molar-refractivity contribution in [3.05, 3.63) is 0 Å². The first kappa shape index (κ1) is 17.4. The van der Waals surface area contributed by atoms with E-state index in [4.69, 9.17) is 4.74 Å². The number of nitrogens with one attached hydrogen (secondary N) is 1. The van der Waals surface area contributed by atoms with Gasteiger partial charge in [0.2, 0.25) is 0 Å². The summed E-state index contributed by atoms with van der Waals surface area (Å²) in [6.45, 7) is 10.6. The standard InChI is InChI=1S/C16H32N2O2/c1-5-18(6-2)13-12-17-16(15(19)20-4)10-7-8-14(3)9-11-16/h14,17H,5-13H2,1-4H3. The summed E-state index contributed by atoms with van der Waals surface area (Å²) >= 11 is 0. The number of carbonyl (C=O) groups is 1. The van der Waals surface area contributed by atoms with Crippen molar-refractivity contribution >= 4 is 5.97 Å². The van der Waals surface area contributed by atoms with Crippen molar-refractivity contribution in [3.8, 4) is 0 Å². The number of methoxy groups -OCH3 is 1. The van der Waals surface area contributed by atoms with Crippen LogP contribution in [0.5, 0.6) is 0 Å². The zero-order chi connectivity index (χ0) is 15.0. The number of hydrogen-bond acceptors (Lipinski definition) is 4. The van der Waals surface area contributed by atoms with E-state index < -0.39 is 5.54 Å². The van der Waals surface area contributed by atoms with E-state index in [0.717, 1.165) is 51.9 Å². The molecule has 4 nitrogen and oxygen atoms in total. The molecule has 118 valence electrons. The third-order valence-electron chi connectivity index (χ3n) is 4.73. The van der Waals surface area contributed by atoms with Gasteiger partial charge in [-0.3, -0.25) is 4.79 Å². The maximum Gasteiger partial charge on any atom is 0.326 e. The van der Waals surface area contributed by atoms with Crippen LogP contribution in [-0.4, -0.2) is 49.7 Å². The van der Waals surface area contributed by atoms with Crippen LogP contribution in [0.15, 0.2) is 0 Å². The van der Waals surface area contributed by atoms with Gasteiger partial charge in [0.05, 0.1) is 7.11 Å². The van der Waals surface area contributed by atoms with Gasteiger partial charge in [-0.1, -0.05) is 33.6 Å². The lowest BCUT2D eigenvalue weighted by atomic mass is 9.89. The van der Waals surface area contributed by atoms with Crippen molar-refractivity contribution in [2.24, 2.45) is 5.92 Å². The first-order chi connectivity index (χ1) is 9.57. The van der Waals surface area contributed by atoms with Crippen LogP contribution < -0.4 is 5.32 Å². The van der Waals surface area contributed by atoms with E-state index in [9.17, 15) is 4.79 Å². The van der Waals surface area contributed by atoms with Gasteiger partial charge in [-0.2, -0.15) is 0 Å². The number of ether oxygens (including phenoxy) is 1. The van der Waals surface area contributed by atoms with Crippen molar-refractivity contribution in [2.75, 3.05) is 33.3 Å². The molecule has 0 bridgehead atoms. The van der Waals surface area contributed by atoms with Crippen LogP contribution in [0, 0.1) is 5.92 Å². The highest BCUT2D eigenvalue weighted by atomic mass is 16.5. The fourth-order valence-corrected chi connectivity index (χ4v) is 3.16. The summed E-state index contributed by atoms with van der Waals surface area (Å²) in [5, 5.41) is 3.53. The van der Waals surface area contributed by atoms with Crippen molar-refractivity contribution < 1.29 is 9.53 Å². The quantitative estimate of drug-likeness (QED) is 0.576. The Morgan fingerprint density at radius 1 is 1.30 bits per heavy atom. The monoisotopic (exact) mass is 284 g/mol. The van der Waals surface area contributed by atoms with Crippen LogP contribution >= 0.6 is 0 Å². The molecule has 0 radical (unpaired) electrons. The van der Waals surface area contributed by atoms with E-state index in [1.807, 2.05) is 0 Å². The molecule has 1 N–H and O–H groups in total. The second-order valence-electron chi connectivity index (χ2n) is 6.06.